The summed E-state index contributed by atoms with van der Waals surface area (Å²) in [6.07, 6.45) is 2.25. The first kappa shape index (κ1) is 17.9. The summed E-state index contributed by atoms with van der Waals surface area (Å²) in [4.78, 5) is 8.66. The minimum absolute atomic E-state index is 0.222. The average molecular weight is 377 g/mol. The smallest absolute Gasteiger partial charge is 0.254 e. The lowest BCUT2D eigenvalue weighted by Crippen LogP contribution is -2.21. The molecule has 142 valence electrons. The molecule has 0 aliphatic rings. The van der Waals surface area contributed by atoms with Gasteiger partial charge in [-0.2, -0.15) is 14.6 Å². The van der Waals surface area contributed by atoms with Crippen molar-refractivity contribution < 1.29 is 9.13 Å². The second-order valence-corrected chi connectivity index (χ2v) is 6.31. The fourth-order valence-electron chi connectivity index (χ4n) is 2.97. The highest BCUT2D eigenvalue weighted by molar-refractivity contribution is 5.47. The zero-order valence-electron chi connectivity index (χ0n) is 15.4. The summed E-state index contributed by atoms with van der Waals surface area (Å²) < 4.78 is 21.4. The van der Waals surface area contributed by atoms with Gasteiger partial charge in [0.25, 0.3) is 5.78 Å². The Labute approximate surface area is 162 Å². The molecule has 1 N–H and O–H groups in total. The number of rotatable bonds is 7. The molecule has 0 saturated heterocycles. The van der Waals surface area contributed by atoms with E-state index in [1.807, 2.05) is 43.3 Å². The van der Waals surface area contributed by atoms with Crippen molar-refractivity contribution in [3.8, 4) is 5.75 Å². The first-order valence-electron chi connectivity index (χ1n) is 9.13. The molecular formula is C21H20FN5O. The van der Waals surface area contributed by atoms with Crippen molar-refractivity contribution in [2.45, 2.75) is 19.4 Å². The van der Waals surface area contributed by atoms with Crippen LogP contribution in [0.2, 0.25) is 0 Å². The Hall–Kier alpha value is -3.48. The molecule has 0 spiro atoms. The van der Waals surface area contributed by atoms with Gasteiger partial charge >= 0.3 is 0 Å². The van der Waals surface area contributed by atoms with Crippen molar-refractivity contribution >= 4 is 11.6 Å². The number of halogens is 1. The van der Waals surface area contributed by atoms with E-state index >= 15 is 0 Å². The van der Waals surface area contributed by atoms with Crippen LogP contribution in [0.5, 0.6) is 5.75 Å². The number of fused-ring (bicyclic) bond motifs is 1. The summed E-state index contributed by atoms with van der Waals surface area (Å²) in [7, 11) is 0. The van der Waals surface area contributed by atoms with Gasteiger partial charge in [-0.05, 0) is 24.1 Å². The molecule has 0 fully saturated rings. The molecule has 1 atom stereocenters. The standard InChI is InChI=1S/C21H20FN5O/c1-2-16-12-20(27-21(25-16)23-14-24-27)26-18(15-8-4-3-5-9-15)13-28-19-11-7-6-10-17(19)22/h3-12,14,18,26H,2,13H2,1H3. The predicted octanol–water partition coefficient (Wildman–Crippen LogP) is 4.06. The predicted molar refractivity (Wildman–Crippen MR) is 105 cm³/mol. The fourth-order valence-corrected chi connectivity index (χ4v) is 2.97. The average Bonchev–Trinajstić information content (AvgIpc) is 3.21. The van der Waals surface area contributed by atoms with E-state index in [1.165, 1.54) is 12.4 Å². The van der Waals surface area contributed by atoms with Crippen molar-refractivity contribution in [1.82, 2.24) is 19.6 Å². The van der Waals surface area contributed by atoms with Gasteiger partial charge in [0.1, 0.15) is 18.8 Å². The number of hydrogen-bond donors (Lipinski definition) is 1. The highest BCUT2D eigenvalue weighted by Gasteiger charge is 2.16. The molecule has 0 radical (unpaired) electrons. The van der Waals surface area contributed by atoms with Gasteiger partial charge in [0.15, 0.2) is 11.6 Å². The number of anilines is 1. The highest BCUT2D eigenvalue weighted by Crippen LogP contribution is 2.23. The van der Waals surface area contributed by atoms with Gasteiger partial charge in [0.05, 0.1) is 6.04 Å². The summed E-state index contributed by atoms with van der Waals surface area (Å²) in [5, 5.41) is 7.71. The van der Waals surface area contributed by atoms with E-state index in [4.69, 9.17) is 4.74 Å². The van der Waals surface area contributed by atoms with Crippen LogP contribution in [0, 0.1) is 5.82 Å². The Bertz CT molecular complexity index is 1070. The van der Waals surface area contributed by atoms with Crippen molar-refractivity contribution in [3.05, 3.63) is 84.1 Å². The molecule has 0 aliphatic carbocycles. The van der Waals surface area contributed by atoms with E-state index in [1.54, 1.807) is 22.7 Å². The number of aromatic nitrogens is 4. The zero-order valence-corrected chi connectivity index (χ0v) is 15.4. The van der Waals surface area contributed by atoms with Crippen molar-refractivity contribution in [2.24, 2.45) is 0 Å². The molecule has 0 amide bonds. The van der Waals surface area contributed by atoms with Crippen LogP contribution in [0.1, 0.15) is 24.2 Å². The molecule has 1 unspecified atom stereocenters. The van der Waals surface area contributed by atoms with Crippen LogP contribution >= 0.6 is 0 Å². The third-order valence-electron chi connectivity index (χ3n) is 4.43. The third kappa shape index (κ3) is 3.78. The number of ether oxygens (including phenoxy) is 1. The molecular weight excluding hydrogens is 357 g/mol. The lowest BCUT2D eigenvalue weighted by atomic mass is 10.1. The maximum Gasteiger partial charge on any atom is 0.254 e. The maximum atomic E-state index is 14.0. The van der Waals surface area contributed by atoms with Gasteiger partial charge in [-0.1, -0.05) is 49.4 Å². The Morgan fingerprint density at radius 1 is 1.11 bits per heavy atom. The first-order valence-corrected chi connectivity index (χ1v) is 9.13. The number of nitrogens with zero attached hydrogens (tertiary/aromatic N) is 4. The Morgan fingerprint density at radius 3 is 2.68 bits per heavy atom. The topological polar surface area (TPSA) is 64.3 Å². The van der Waals surface area contributed by atoms with Gasteiger partial charge < -0.3 is 10.1 Å². The van der Waals surface area contributed by atoms with Gasteiger partial charge in [0.2, 0.25) is 0 Å². The molecule has 2 aromatic heterocycles. The first-order chi connectivity index (χ1) is 13.7. The Balaban J connectivity index is 1.65. The Kier molecular flexibility index (Phi) is 5.14. The van der Waals surface area contributed by atoms with Gasteiger partial charge in [-0.3, -0.25) is 0 Å². The highest BCUT2D eigenvalue weighted by atomic mass is 19.1. The fraction of sp³-hybridized carbons (Fsp3) is 0.190. The summed E-state index contributed by atoms with van der Waals surface area (Å²) in [6.45, 7) is 2.28. The molecule has 28 heavy (non-hydrogen) atoms. The molecule has 0 aliphatic heterocycles. The molecule has 2 heterocycles. The molecule has 4 rings (SSSR count). The molecule has 6 nitrogen and oxygen atoms in total. The minimum atomic E-state index is -0.384. The molecule has 7 heteroatoms. The van der Waals surface area contributed by atoms with E-state index in [0.717, 1.165) is 23.5 Å². The number of aryl methyl sites for hydroxylation is 1. The Morgan fingerprint density at radius 2 is 1.89 bits per heavy atom. The van der Waals surface area contributed by atoms with Crippen LogP contribution in [0.4, 0.5) is 10.2 Å². The SMILES string of the molecule is CCc1cc(NC(COc2ccccc2F)c2ccccc2)n2ncnc2n1. The normalized spacial score (nSPS) is 12.1. The van der Waals surface area contributed by atoms with E-state index in [2.05, 4.69) is 20.4 Å². The second kappa shape index (κ2) is 8.04. The van der Waals surface area contributed by atoms with Crippen LogP contribution in [0.15, 0.2) is 67.0 Å². The summed E-state index contributed by atoms with van der Waals surface area (Å²) in [5.41, 5.74) is 1.92. The van der Waals surface area contributed by atoms with E-state index in [0.29, 0.717) is 5.78 Å². The zero-order chi connectivity index (χ0) is 19.3. The number of benzene rings is 2. The lowest BCUT2D eigenvalue weighted by Gasteiger charge is -2.21. The molecule has 0 bridgehead atoms. The van der Waals surface area contributed by atoms with Crippen molar-refractivity contribution in [3.63, 3.8) is 0 Å². The molecule has 4 aromatic rings. The van der Waals surface area contributed by atoms with E-state index in [-0.39, 0.29) is 24.2 Å². The summed E-state index contributed by atoms with van der Waals surface area (Å²) in [5.74, 6) is 1.12. The van der Waals surface area contributed by atoms with Crippen LogP contribution in [-0.4, -0.2) is 26.2 Å². The van der Waals surface area contributed by atoms with Crippen LogP contribution < -0.4 is 10.1 Å². The van der Waals surface area contributed by atoms with Crippen molar-refractivity contribution in [1.29, 1.82) is 0 Å². The van der Waals surface area contributed by atoms with E-state index < -0.39 is 0 Å². The number of para-hydroxylation sites is 1. The number of nitrogens with one attached hydrogen (secondary N) is 1. The summed E-state index contributed by atoms with van der Waals surface area (Å²) in [6, 6.07) is 18.0. The third-order valence-corrected chi connectivity index (χ3v) is 4.43. The van der Waals surface area contributed by atoms with Crippen LogP contribution in [0.25, 0.3) is 5.78 Å². The van der Waals surface area contributed by atoms with Gasteiger partial charge in [-0.25, -0.2) is 9.37 Å². The van der Waals surface area contributed by atoms with Gasteiger partial charge in [-0.15, -0.1) is 0 Å². The second-order valence-electron chi connectivity index (χ2n) is 6.31. The maximum absolute atomic E-state index is 14.0. The molecule has 0 saturated carbocycles. The monoisotopic (exact) mass is 377 g/mol. The number of hydrogen-bond acceptors (Lipinski definition) is 5. The minimum Gasteiger partial charge on any atom is -0.488 e. The van der Waals surface area contributed by atoms with Crippen LogP contribution in [0.3, 0.4) is 0 Å². The van der Waals surface area contributed by atoms with Crippen molar-refractivity contribution in [2.75, 3.05) is 11.9 Å². The summed E-state index contributed by atoms with van der Waals surface area (Å²) >= 11 is 0. The quantitative estimate of drug-likeness (QED) is 0.526. The van der Waals surface area contributed by atoms with Crippen LogP contribution in [-0.2, 0) is 6.42 Å². The lowest BCUT2D eigenvalue weighted by molar-refractivity contribution is 0.284. The van der Waals surface area contributed by atoms with Gasteiger partial charge in [0, 0.05) is 11.8 Å². The van der Waals surface area contributed by atoms with E-state index in [9.17, 15) is 4.39 Å². The largest absolute Gasteiger partial charge is 0.488 e. The molecule has 2 aromatic carbocycles.